The molecule has 0 fully saturated rings. The molecular weight excluding hydrogens is 533 g/mol. The fourth-order valence-corrected chi connectivity index (χ4v) is 4.97. The summed E-state index contributed by atoms with van der Waals surface area (Å²) in [6, 6.07) is 9.23. The number of hydrogen-bond acceptors (Lipinski definition) is 6. The number of halogens is 1. The summed E-state index contributed by atoms with van der Waals surface area (Å²) in [5.74, 6) is 0.237. The van der Waals surface area contributed by atoms with E-state index in [-0.39, 0.29) is 30.4 Å². The van der Waals surface area contributed by atoms with Gasteiger partial charge in [-0.05, 0) is 42.0 Å². The molecule has 164 valence electrons. The Labute approximate surface area is 194 Å². The normalized spacial score (nSPS) is 11.5. The number of carbonyl (C=O) groups is 2. The van der Waals surface area contributed by atoms with E-state index >= 15 is 0 Å². The first-order valence-corrected chi connectivity index (χ1v) is 12.4. The third kappa shape index (κ3) is 4.90. The predicted octanol–water partition coefficient (Wildman–Crippen LogP) is 3.51. The van der Waals surface area contributed by atoms with E-state index in [1.165, 1.54) is 7.05 Å². The molecule has 0 aliphatic heterocycles. The molecule has 2 heterocycles. The number of aromatic nitrogens is 1. The van der Waals surface area contributed by atoms with Gasteiger partial charge < -0.3 is 14.5 Å². The average Bonchev–Trinajstić information content (AvgIpc) is 3.08. The number of aldehydes is 1. The molecule has 3 aromatic rings. The summed E-state index contributed by atoms with van der Waals surface area (Å²) in [5, 5.41) is 3.12. The van der Waals surface area contributed by atoms with Gasteiger partial charge in [-0.2, -0.15) is 4.98 Å². The Bertz CT molecular complexity index is 1240. The summed E-state index contributed by atoms with van der Waals surface area (Å²) < 4.78 is 32.5. The van der Waals surface area contributed by atoms with Gasteiger partial charge in [0.15, 0.2) is 5.82 Å². The number of furan rings is 1. The van der Waals surface area contributed by atoms with Gasteiger partial charge in [0.2, 0.25) is 15.7 Å². The van der Waals surface area contributed by atoms with Gasteiger partial charge in [-0.1, -0.05) is 29.8 Å². The molecule has 2 aromatic heterocycles. The van der Waals surface area contributed by atoms with Crippen LogP contribution in [0.15, 0.2) is 34.7 Å². The van der Waals surface area contributed by atoms with Crippen molar-refractivity contribution in [2.24, 2.45) is 0 Å². The summed E-state index contributed by atoms with van der Waals surface area (Å²) in [6.45, 7) is 2.07. The van der Waals surface area contributed by atoms with Gasteiger partial charge in [0, 0.05) is 25.6 Å². The number of anilines is 1. The number of pyridine rings is 1. The molecule has 10 heteroatoms. The van der Waals surface area contributed by atoms with Crippen LogP contribution in [0.5, 0.6) is 0 Å². The first-order valence-electron chi connectivity index (χ1n) is 9.51. The molecule has 0 aliphatic rings. The molecule has 8 nitrogen and oxygen atoms in total. The molecule has 0 aliphatic carbocycles. The van der Waals surface area contributed by atoms with Gasteiger partial charge in [-0.3, -0.25) is 9.10 Å². The molecule has 1 aromatic carbocycles. The maximum atomic E-state index is 12.7. The lowest BCUT2D eigenvalue weighted by Crippen LogP contribution is -2.32. The van der Waals surface area contributed by atoms with Crippen LogP contribution in [0.1, 0.15) is 28.8 Å². The van der Waals surface area contributed by atoms with Crippen LogP contribution in [0.2, 0.25) is 0 Å². The van der Waals surface area contributed by atoms with Crippen LogP contribution < -0.4 is 9.62 Å². The van der Waals surface area contributed by atoms with E-state index in [0.29, 0.717) is 32.3 Å². The summed E-state index contributed by atoms with van der Waals surface area (Å²) in [4.78, 5) is 27.8. The molecule has 1 N–H and O–H groups in total. The number of benzene rings is 1. The number of sulfonamides is 1. The Morgan fingerprint density at radius 2 is 1.97 bits per heavy atom. The number of carbonyl (C=O) groups excluding carboxylic acids is 2. The van der Waals surface area contributed by atoms with E-state index < -0.39 is 10.0 Å². The smallest absolute Gasteiger partial charge is 0.255 e. The minimum absolute atomic E-state index is 0.111. The zero-order chi connectivity index (χ0) is 22.8. The maximum Gasteiger partial charge on any atom is 0.255 e. The number of rotatable bonds is 8. The van der Waals surface area contributed by atoms with E-state index in [1.54, 1.807) is 6.07 Å². The lowest BCUT2D eigenvalue weighted by atomic mass is 10.0. The van der Waals surface area contributed by atoms with E-state index in [1.807, 2.05) is 53.8 Å². The molecule has 0 saturated carbocycles. The summed E-state index contributed by atoms with van der Waals surface area (Å²) in [7, 11) is -2.11. The molecule has 0 unspecified atom stereocenters. The number of nitrogens with one attached hydrogen (secondary N) is 1. The number of amides is 1. The van der Waals surface area contributed by atoms with Crippen LogP contribution in [0.3, 0.4) is 0 Å². The Hall–Kier alpha value is -2.47. The van der Waals surface area contributed by atoms with Gasteiger partial charge in [0.1, 0.15) is 12.0 Å². The SMILES string of the molecule is CNC(=O)c1c(-c2ccc(C)cc2)oc2nc(N(CCCC=O)S(C)(=O)=O)c(I)cc12. The van der Waals surface area contributed by atoms with Crippen molar-refractivity contribution in [1.29, 1.82) is 0 Å². The van der Waals surface area contributed by atoms with Crippen molar-refractivity contribution in [2.75, 3.05) is 24.2 Å². The molecule has 0 saturated heterocycles. The Kier molecular flexibility index (Phi) is 6.99. The van der Waals surface area contributed by atoms with Gasteiger partial charge >= 0.3 is 0 Å². The van der Waals surface area contributed by atoms with Crippen molar-refractivity contribution >= 4 is 61.7 Å². The number of hydrogen-bond donors (Lipinski definition) is 1. The monoisotopic (exact) mass is 555 g/mol. The van der Waals surface area contributed by atoms with E-state index in [4.69, 9.17) is 4.42 Å². The highest BCUT2D eigenvalue weighted by atomic mass is 127. The van der Waals surface area contributed by atoms with E-state index in [0.717, 1.165) is 22.4 Å². The highest BCUT2D eigenvalue weighted by Crippen LogP contribution is 2.36. The van der Waals surface area contributed by atoms with Crippen molar-refractivity contribution in [3.8, 4) is 11.3 Å². The highest BCUT2D eigenvalue weighted by molar-refractivity contribution is 14.1. The average molecular weight is 555 g/mol. The predicted molar refractivity (Wildman–Crippen MR) is 128 cm³/mol. The van der Waals surface area contributed by atoms with Crippen LogP contribution in [0.4, 0.5) is 5.82 Å². The van der Waals surface area contributed by atoms with Gasteiger partial charge in [0.25, 0.3) is 5.91 Å². The number of unbranched alkanes of at least 4 members (excludes halogenated alkanes) is 1. The molecule has 31 heavy (non-hydrogen) atoms. The van der Waals surface area contributed by atoms with Crippen LogP contribution in [-0.2, 0) is 14.8 Å². The Balaban J connectivity index is 2.22. The summed E-state index contributed by atoms with van der Waals surface area (Å²) >= 11 is 1.99. The van der Waals surface area contributed by atoms with Gasteiger partial charge in [-0.15, -0.1) is 0 Å². The quantitative estimate of drug-likeness (QED) is 0.259. The second-order valence-electron chi connectivity index (χ2n) is 7.04. The van der Waals surface area contributed by atoms with Crippen molar-refractivity contribution in [3.05, 3.63) is 45.0 Å². The first-order chi connectivity index (χ1) is 14.7. The molecular formula is C21H22IN3O5S. The fraction of sp³-hybridized carbons (Fsp3) is 0.286. The molecule has 0 atom stereocenters. The fourth-order valence-electron chi connectivity index (χ4n) is 3.17. The maximum absolute atomic E-state index is 12.7. The lowest BCUT2D eigenvalue weighted by molar-refractivity contribution is -0.107. The van der Waals surface area contributed by atoms with Crippen molar-refractivity contribution in [2.45, 2.75) is 19.8 Å². The molecule has 0 spiro atoms. The standard InChI is InChI=1S/C21H22IN3O5S/c1-13-6-8-14(9-7-13)18-17(20(27)23-2)15-12-16(22)19(24-21(15)30-18)25(31(3,28)29)10-4-5-11-26/h6-9,11-12H,4-5,10H2,1-3H3,(H,23,27). The molecule has 1 amide bonds. The number of aryl methyl sites for hydroxylation is 1. The van der Waals surface area contributed by atoms with Crippen molar-refractivity contribution < 1.29 is 22.4 Å². The van der Waals surface area contributed by atoms with Gasteiger partial charge in [0.05, 0.1) is 20.8 Å². The lowest BCUT2D eigenvalue weighted by Gasteiger charge is -2.21. The van der Waals surface area contributed by atoms with E-state index in [2.05, 4.69) is 10.3 Å². The Morgan fingerprint density at radius 1 is 1.29 bits per heavy atom. The van der Waals surface area contributed by atoms with Crippen LogP contribution in [0, 0.1) is 10.5 Å². The highest BCUT2D eigenvalue weighted by Gasteiger charge is 2.27. The zero-order valence-corrected chi connectivity index (χ0v) is 20.3. The van der Waals surface area contributed by atoms with E-state index in [9.17, 15) is 18.0 Å². The largest absolute Gasteiger partial charge is 0.437 e. The first kappa shape index (κ1) is 23.2. The third-order valence-corrected chi connectivity index (χ3v) is 6.66. The minimum atomic E-state index is -3.64. The number of nitrogens with zero attached hydrogens (tertiary/aromatic N) is 2. The second-order valence-corrected chi connectivity index (χ2v) is 10.1. The molecule has 0 bridgehead atoms. The van der Waals surface area contributed by atoms with Crippen LogP contribution in [-0.4, -0.2) is 45.4 Å². The summed E-state index contributed by atoms with van der Waals surface area (Å²) in [5.41, 5.74) is 2.28. The third-order valence-electron chi connectivity index (χ3n) is 4.71. The van der Waals surface area contributed by atoms with Crippen LogP contribution >= 0.6 is 22.6 Å². The Morgan fingerprint density at radius 3 is 2.55 bits per heavy atom. The van der Waals surface area contributed by atoms with Crippen molar-refractivity contribution in [1.82, 2.24) is 10.3 Å². The van der Waals surface area contributed by atoms with Gasteiger partial charge in [-0.25, -0.2) is 8.42 Å². The van der Waals surface area contributed by atoms with Crippen molar-refractivity contribution in [3.63, 3.8) is 0 Å². The zero-order valence-electron chi connectivity index (χ0n) is 17.3. The molecule has 3 rings (SSSR count). The number of fused-ring (bicyclic) bond motifs is 1. The minimum Gasteiger partial charge on any atom is -0.437 e. The second kappa shape index (κ2) is 9.35. The van der Waals surface area contributed by atoms with Crippen LogP contribution in [0.25, 0.3) is 22.4 Å². The topological polar surface area (TPSA) is 110 Å². The summed E-state index contributed by atoms with van der Waals surface area (Å²) in [6.07, 6.45) is 2.44. The molecule has 0 radical (unpaired) electrons.